The summed E-state index contributed by atoms with van der Waals surface area (Å²) >= 11 is 12.6. The van der Waals surface area contributed by atoms with Crippen molar-refractivity contribution >= 4 is 51.9 Å². The standard InChI is InChI=1S/C26H22Cl2N6/c1-15-5-3-4-6-22(15)33-25-24(30)26(32-14-31-25)34-23-12-21(28)19(11-16(23)2)20(13-29)17-7-9-18(27)10-8-17/h3-12,14,20H,30H2,1-2H3,(H2,31,32,33,34). The minimum atomic E-state index is -0.522. The van der Waals surface area contributed by atoms with Gasteiger partial charge in [-0.1, -0.05) is 59.6 Å². The van der Waals surface area contributed by atoms with E-state index in [-0.39, 0.29) is 0 Å². The fourth-order valence-corrected chi connectivity index (χ4v) is 4.00. The molecule has 1 aromatic heterocycles. The number of anilines is 5. The minimum absolute atomic E-state index is 0.376. The number of rotatable bonds is 6. The fourth-order valence-electron chi connectivity index (χ4n) is 3.60. The molecule has 1 atom stereocenters. The molecule has 3 aromatic carbocycles. The highest BCUT2D eigenvalue weighted by Gasteiger charge is 2.19. The lowest BCUT2D eigenvalue weighted by Gasteiger charge is -2.18. The van der Waals surface area contributed by atoms with Crippen LogP contribution in [0.4, 0.5) is 28.7 Å². The normalized spacial score (nSPS) is 11.5. The van der Waals surface area contributed by atoms with Gasteiger partial charge >= 0.3 is 0 Å². The van der Waals surface area contributed by atoms with Gasteiger partial charge in [-0.05, 0) is 60.4 Å². The van der Waals surface area contributed by atoms with E-state index in [9.17, 15) is 5.26 Å². The number of aromatic nitrogens is 2. The van der Waals surface area contributed by atoms with Crippen molar-refractivity contribution in [2.24, 2.45) is 0 Å². The highest BCUT2D eigenvalue weighted by atomic mass is 35.5. The Hall–Kier alpha value is -3.79. The van der Waals surface area contributed by atoms with E-state index < -0.39 is 5.92 Å². The monoisotopic (exact) mass is 488 g/mol. The highest BCUT2D eigenvalue weighted by molar-refractivity contribution is 6.32. The van der Waals surface area contributed by atoms with E-state index in [1.54, 1.807) is 18.2 Å². The summed E-state index contributed by atoms with van der Waals surface area (Å²) < 4.78 is 0. The molecule has 34 heavy (non-hydrogen) atoms. The first-order valence-corrected chi connectivity index (χ1v) is 11.3. The number of nitrogens with two attached hydrogens (primary N) is 1. The number of nitriles is 1. The van der Waals surface area contributed by atoms with Crippen molar-refractivity contribution in [3.05, 3.63) is 99.3 Å². The molecule has 0 amide bonds. The van der Waals surface area contributed by atoms with E-state index in [2.05, 4.69) is 26.7 Å². The summed E-state index contributed by atoms with van der Waals surface area (Å²) in [6, 6.07) is 21.1. The number of para-hydroxylation sites is 1. The van der Waals surface area contributed by atoms with E-state index in [1.807, 2.05) is 56.3 Å². The number of hydrogen-bond acceptors (Lipinski definition) is 6. The van der Waals surface area contributed by atoms with Gasteiger partial charge in [0.1, 0.15) is 12.0 Å². The lowest BCUT2D eigenvalue weighted by molar-refractivity contribution is 1.03. The third-order valence-corrected chi connectivity index (χ3v) is 6.10. The summed E-state index contributed by atoms with van der Waals surface area (Å²) in [4.78, 5) is 8.59. The second kappa shape index (κ2) is 10.0. The maximum absolute atomic E-state index is 9.83. The van der Waals surface area contributed by atoms with Gasteiger partial charge in [0.15, 0.2) is 11.6 Å². The molecular formula is C26H22Cl2N6. The molecule has 0 saturated heterocycles. The Bertz CT molecular complexity index is 1380. The molecule has 0 aliphatic heterocycles. The van der Waals surface area contributed by atoms with Crippen molar-refractivity contribution in [2.45, 2.75) is 19.8 Å². The van der Waals surface area contributed by atoms with Gasteiger partial charge in [0.2, 0.25) is 0 Å². The Balaban J connectivity index is 1.63. The topological polar surface area (TPSA) is 99.6 Å². The molecule has 1 unspecified atom stereocenters. The number of hydrogen-bond donors (Lipinski definition) is 3. The molecule has 4 N–H and O–H groups in total. The number of nitrogens with one attached hydrogen (secondary N) is 2. The molecule has 0 spiro atoms. The number of nitrogen functional groups attached to an aromatic ring is 1. The van der Waals surface area contributed by atoms with Gasteiger partial charge in [-0.15, -0.1) is 0 Å². The molecule has 0 aliphatic carbocycles. The molecule has 0 radical (unpaired) electrons. The van der Waals surface area contributed by atoms with E-state index in [0.29, 0.717) is 32.9 Å². The maximum atomic E-state index is 9.83. The minimum Gasteiger partial charge on any atom is -0.393 e. The van der Waals surface area contributed by atoms with E-state index in [1.165, 1.54) is 6.33 Å². The van der Waals surface area contributed by atoms with Gasteiger partial charge in [-0.3, -0.25) is 0 Å². The van der Waals surface area contributed by atoms with Crippen LogP contribution in [-0.2, 0) is 0 Å². The number of benzene rings is 3. The van der Waals surface area contributed by atoms with Crippen LogP contribution in [0, 0.1) is 25.2 Å². The van der Waals surface area contributed by atoms with Crippen molar-refractivity contribution in [1.82, 2.24) is 9.97 Å². The van der Waals surface area contributed by atoms with Gasteiger partial charge in [-0.2, -0.15) is 5.26 Å². The van der Waals surface area contributed by atoms with Crippen LogP contribution in [-0.4, -0.2) is 9.97 Å². The van der Waals surface area contributed by atoms with Crippen LogP contribution in [0.5, 0.6) is 0 Å². The molecule has 0 saturated carbocycles. The summed E-state index contributed by atoms with van der Waals surface area (Å²) in [5.74, 6) is 0.429. The van der Waals surface area contributed by atoms with E-state index in [0.717, 1.165) is 28.1 Å². The van der Waals surface area contributed by atoms with Crippen molar-refractivity contribution in [1.29, 1.82) is 5.26 Å². The Morgan fingerprint density at radius 2 is 1.53 bits per heavy atom. The van der Waals surface area contributed by atoms with Crippen molar-refractivity contribution in [2.75, 3.05) is 16.4 Å². The maximum Gasteiger partial charge on any atom is 0.159 e. The largest absolute Gasteiger partial charge is 0.393 e. The highest BCUT2D eigenvalue weighted by Crippen LogP contribution is 2.36. The van der Waals surface area contributed by atoms with Crippen molar-refractivity contribution in [3.8, 4) is 6.07 Å². The molecule has 170 valence electrons. The number of aryl methyl sites for hydroxylation is 2. The molecule has 8 heteroatoms. The average Bonchev–Trinajstić information content (AvgIpc) is 2.82. The molecule has 0 fully saturated rings. The van der Waals surface area contributed by atoms with Crippen LogP contribution in [0.1, 0.15) is 28.2 Å². The van der Waals surface area contributed by atoms with Crippen LogP contribution in [0.15, 0.2) is 67.0 Å². The third kappa shape index (κ3) is 4.91. The molecular weight excluding hydrogens is 467 g/mol. The first-order valence-electron chi connectivity index (χ1n) is 10.5. The van der Waals surface area contributed by atoms with Gasteiger partial charge in [-0.25, -0.2) is 9.97 Å². The summed E-state index contributed by atoms with van der Waals surface area (Å²) in [5, 5.41) is 17.4. The Labute approximate surface area is 208 Å². The van der Waals surface area contributed by atoms with E-state index >= 15 is 0 Å². The molecule has 0 aliphatic rings. The van der Waals surface area contributed by atoms with Gasteiger partial charge in [0, 0.05) is 21.4 Å². The molecule has 4 rings (SSSR count). The fraction of sp³-hybridized carbons (Fsp3) is 0.115. The molecule has 4 aromatic rings. The first-order chi connectivity index (χ1) is 16.4. The lowest BCUT2D eigenvalue weighted by Crippen LogP contribution is -2.07. The van der Waals surface area contributed by atoms with E-state index in [4.69, 9.17) is 28.9 Å². The second-order valence-electron chi connectivity index (χ2n) is 7.85. The quantitative estimate of drug-likeness (QED) is 0.267. The average molecular weight is 489 g/mol. The SMILES string of the molecule is Cc1ccccc1Nc1ncnc(Nc2cc(Cl)c(C(C#N)c3ccc(Cl)cc3)cc2C)c1N. The smallest absolute Gasteiger partial charge is 0.159 e. The number of halogens is 2. The predicted molar refractivity (Wildman–Crippen MR) is 139 cm³/mol. The first kappa shape index (κ1) is 23.4. The predicted octanol–water partition coefficient (Wildman–Crippen LogP) is 7.13. The van der Waals surface area contributed by atoms with Gasteiger partial charge in [0.05, 0.1) is 12.0 Å². The molecule has 6 nitrogen and oxygen atoms in total. The van der Waals surface area contributed by atoms with Crippen LogP contribution in [0.25, 0.3) is 0 Å². The zero-order valence-corrected chi connectivity index (χ0v) is 20.1. The summed E-state index contributed by atoms with van der Waals surface area (Å²) in [6.07, 6.45) is 1.44. The zero-order chi connectivity index (χ0) is 24.2. The summed E-state index contributed by atoms with van der Waals surface area (Å²) in [6.45, 7) is 3.94. The number of nitrogens with zero attached hydrogens (tertiary/aromatic N) is 3. The lowest BCUT2D eigenvalue weighted by atomic mass is 9.91. The Morgan fingerprint density at radius 1 is 0.882 bits per heavy atom. The summed E-state index contributed by atoms with van der Waals surface area (Å²) in [5.41, 5.74) is 11.9. The Morgan fingerprint density at radius 3 is 2.18 bits per heavy atom. The second-order valence-corrected chi connectivity index (χ2v) is 8.70. The van der Waals surface area contributed by atoms with Crippen molar-refractivity contribution in [3.63, 3.8) is 0 Å². The van der Waals surface area contributed by atoms with Gasteiger partial charge in [0.25, 0.3) is 0 Å². The Kier molecular flexibility index (Phi) is 6.87. The summed E-state index contributed by atoms with van der Waals surface area (Å²) in [7, 11) is 0. The van der Waals surface area contributed by atoms with Crippen molar-refractivity contribution < 1.29 is 0 Å². The van der Waals surface area contributed by atoms with Crippen LogP contribution >= 0.6 is 23.2 Å². The molecule has 1 heterocycles. The van der Waals surface area contributed by atoms with Crippen LogP contribution in [0.2, 0.25) is 10.0 Å². The van der Waals surface area contributed by atoms with Gasteiger partial charge < -0.3 is 16.4 Å². The van der Waals surface area contributed by atoms with Crippen LogP contribution in [0.3, 0.4) is 0 Å². The molecule has 0 bridgehead atoms. The van der Waals surface area contributed by atoms with Crippen LogP contribution < -0.4 is 16.4 Å². The third-order valence-electron chi connectivity index (χ3n) is 5.52. The zero-order valence-electron chi connectivity index (χ0n) is 18.6.